The first-order valence-corrected chi connectivity index (χ1v) is 6.29. The van der Waals surface area contributed by atoms with Crippen molar-refractivity contribution >= 4 is 11.8 Å². The van der Waals surface area contributed by atoms with Crippen molar-refractivity contribution in [2.24, 2.45) is 5.73 Å². The second kappa shape index (κ2) is 9.85. The van der Waals surface area contributed by atoms with Gasteiger partial charge in [-0.3, -0.25) is 9.59 Å². The molecule has 6 nitrogen and oxygen atoms in total. The lowest BCUT2D eigenvalue weighted by Gasteiger charge is -2.20. The molecule has 6 heteroatoms. The predicted octanol–water partition coefficient (Wildman–Crippen LogP) is -0.275. The third-order valence-electron chi connectivity index (χ3n) is 2.51. The van der Waals surface area contributed by atoms with E-state index in [-0.39, 0.29) is 18.4 Å². The number of nitrogens with two attached hydrogens (primary N) is 1. The molecule has 0 radical (unpaired) electrons. The van der Waals surface area contributed by atoms with E-state index in [2.05, 4.69) is 5.32 Å². The van der Waals surface area contributed by atoms with Crippen molar-refractivity contribution in [3.8, 4) is 0 Å². The molecule has 0 rings (SSSR count). The zero-order valence-electron chi connectivity index (χ0n) is 11.6. The maximum atomic E-state index is 11.8. The summed E-state index contributed by atoms with van der Waals surface area (Å²) in [7, 11) is 3.20. The van der Waals surface area contributed by atoms with Crippen molar-refractivity contribution in [2.45, 2.75) is 32.2 Å². The molecule has 0 fully saturated rings. The Morgan fingerprint density at radius 2 is 2.11 bits per heavy atom. The first kappa shape index (κ1) is 16.9. The van der Waals surface area contributed by atoms with Gasteiger partial charge >= 0.3 is 0 Å². The molecule has 106 valence electrons. The maximum absolute atomic E-state index is 11.8. The quantitative estimate of drug-likeness (QED) is 0.558. The summed E-state index contributed by atoms with van der Waals surface area (Å²) in [6, 6.07) is -0.566. The molecule has 0 bridgehead atoms. The molecule has 1 atom stereocenters. The van der Waals surface area contributed by atoms with Gasteiger partial charge in [0.2, 0.25) is 11.8 Å². The molecule has 0 aliphatic heterocycles. The number of nitrogens with one attached hydrogen (secondary N) is 1. The van der Waals surface area contributed by atoms with E-state index in [1.54, 1.807) is 14.2 Å². The third-order valence-corrected chi connectivity index (χ3v) is 2.51. The molecule has 3 N–H and O–H groups in total. The fraction of sp³-hybridized carbons (Fsp3) is 0.833. The lowest BCUT2D eigenvalue weighted by molar-refractivity contribution is -0.135. The normalized spacial score (nSPS) is 12.0. The fourth-order valence-electron chi connectivity index (χ4n) is 1.47. The molecule has 0 aliphatic rings. The van der Waals surface area contributed by atoms with Crippen molar-refractivity contribution in [2.75, 3.05) is 33.9 Å². The Hall–Kier alpha value is -1.14. The minimum atomic E-state index is -0.566. The smallest absolute Gasteiger partial charge is 0.239 e. The first-order valence-electron chi connectivity index (χ1n) is 6.29. The highest BCUT2D eigenvalue weighted by Crippen LogP contribution is 1.99. The number of methoxy groups -OCH3 is 1. The van der Waals surface area contributed by atoms with E-state index in [0.29, 0.717) is 19.6 Å². The molecule has 0 spiro atoms. The summed E-state index contributed by atoms with van der Waals surface area (Å²) < 4.78 is 4.90. The van der Waals surface area contributed by atoms with Crippen molar-refractivity contribution in [1.82, 2.24) is 10.2 Å². The second-order valence-corrected chi connectivity index (χ2v) is 4.29. The molecule has 0 heterocycles. The minimum Gasteiger partial charge on any atom is -0.385 e. The number of carbonyl (C=O) groups excluding carboxylic acids is 2. The number of ether oxygens (including phenoxy) is 1. The van der Waals surface area contributed by atoms with Crippen LogP contribution in [-0.2, 0) is 14.3 Å². The summed E-state index contributed by atoms with van der Waals surface area (Å²) in [5.74, 6) is -0.366. The summed E-state index contributed by atoms with van der Waals surface area (Å²) in [6.07, 6.45) is 2.17. The molecule has 0 aliphatic carbocycles. The zero-order chi connectivity index (χ0) is 14.0. The van der Waals surface area contributed by atoms with Crippen LogP contribution in [0.5, 0.6) is 0 Å². The van der Waals surface area contributed by atoms with Crippen molar-refractivity contribution in [3.05, 3.63) is 0 Å². The van der Waals surface area contributed by atoms with Crippen LogP contribution >= 0.6 is 0 Å². The van der Waals surface area contributed by atoms with Gasteiger partial charge in [0.25, 0.3) is 0 Å². The summed E-state index contributed by atoms with van der Waals surface area (Å²) in [5, 5.41) is 2.72. The predicted molar refractivity (Wildman–Crippen MR) is 70.0 cm³/mol. The highest BCUT2D eigenvalue weighted by atomic mass is 16.5. The van der Waals surface area contributed by atoms with Gasteiger partial charge in [-0.1, -0.05) is 6.92 Å². The molecular weight excluding hydrogens is 234 g/mol. The number of rotatable bonds is 9. The van der Waals surface area contributed by atoms with Crippen LogP contribution in [-0.4, -0.2) is 56.6 Å². The highest BCUT2D eigenvalue weighted by Gasteiger charge is 2.19. The zero-order valence-corrected chi connectivity index (χ0v) is 11.6. The Kier molecular flexibility index (Phi) is 9.22. The van der Waals surface area contributed by atoms with Gasteiger partial charge in [-0.15, -0.1) is 0 Å². The molecule has 0 aromatic heterocycles. The van der Waals surface area contributed by atoms with Crippen LogP contribution in [0.3, 0.4) is 0 Å². The molecule has 0 aromatic carbocycles. The van der Waals surface area contributed by atoms with E-state index in [4.69, 9.17) is 10.5 Å². The average Bonchev–Trinajstić information content (AvgIpc) is 2.35. The van der Waals surface area contributed by atoms with E-state index >= 15 is 0 Å². The standard InChI is InChI=1S/C12H25N3O3/c1-4-7-14-11(16)9-15(2)12(17)10(13)6-5-8-18-3/h10H,4-9,13H2,1-3H3,(H,14,16). The van der Waals surface area contributed by atoms with Crippen molar-refractivity contribution in [1.29, 1.82) is 0 Å². The Bertz CT molecular complexity index is 259. The van der Waals surface area contributed by atoms with Gasteiger partial charge in [-0.2, -0.15) is 0 Å². The topological polar surface area (TPSA) is 84.7 Å². The third kappa shape index (κ3) is 7.24. The van der Waals surface area contributed by atoms with Gasteiger partial charge in [0, 0.05) is 27.3 Å². The van der Waals surface area contributed by atoms with Crippen LogP contribution in [0.2, 0.25) is 0 Å². The lowest BCUT2D eigenvalue weighted by atomic mass is 10.1. The summed E-state index contributed by atoms with van der Waals surface area (Å²) in [5.41, 5.74) is 5.76. The van der Waals surface area contributed by atoms with E-state index in [1.807, 2.05) is 6.92 Å². The van der Waals surface area contributed by atoms with Crippen molar-refractivity contribution < 1.29 is 14.3 Å². The van der Waals surface area contributed by atoms with Crippen LogP contribution in [0.15, 0.2) is 0 Å². The molecule has 0 saturated heterocycles. The van der Waals surface area contributed by atoms with Crippen LogP contribution < -0.4 is 11.1 Å². The summed E-state index contributed by atoms with van der Waals surface area (Å²) >= 11 is 0. The summed E-state index contributed by atoms with van der Waals surface area (Å²) in [4.78, 5) is 24.6. The van der Waals surface area contributed by atoms with Crippen LogP contribution in [0.4, 0.5) is 0 Å². The van der Waals surface area contributed by atoms with Gasteiger partial charge in [-0.25, -0.2) is 0 Å². The molecular formula is C12H25N3O3. The number of hydrogen-bond donors (Lipinski definition) is 2. The Morgan fingerprint density at radius 1 is 1.44 bits per heavy atom. The molecule has 0 aromatic rings. The van der Waals surface area contributed by atoms with E-state index in [1.165, 1.54) is 4.90 Å². The number of nitrogens with zero attached hydrogens (tertiary/aromatic N) is 1. The SMILES string of the molecule is CCCNC(=O)CN(C)C(=O)C(N)CCCOC. The van der Waals surface area contributed by atoms with Crippen LogP contribution in [0.1, 0.15) is 26.2 Å². The number of likely N-dealkylation sites (N-methyl/N-ethyl adjacent to an activating group) is 1. The Morgan fingerprint density at radius 3 is 2.67 bits per heavy atom. The second-order valence-electron chi connectivity index (χ2n) is 4.29. The number of hydrogen-bond acceptors (Lipinski definition) is 4. The van der Waals surface area contributed by atoms with Gasteiger partial charge in [0.1, 0.15) is 0 Å². The van der Waals surface area contributed by atoms with Crippen LogP contribution in [0.25, 0.3) is 0 Å². The Labute approximate surface area is 109 Å². The fourth-order valence-corrected chi connectivity index (χ4v) is 1.47. The molecule has 0 saturated carbocycles. The number of amides is 2. The minimum absolute atomic E-state index is 0.0524. The van der Waals surface area contributed by atoms with Gasteiger partial charge in [0.05, 0.1) is 12.6 Å². The lowest BCUT2D eigenvalue weighted by Crippen LogP contribution is -2.46. The Balaban J connectivity index is 3.96. The molecule has 2 amide bonds. The van der Waals surface area contributed by atoms with E-state index in [9.17, 15) is 9.59 Å². The molecule has 18 heavy (non-hydrogen) atoms. The van der Waals surface area contributed by atoms with E-state index in [0.717, 1.165) is 12.8 Å². The largest absolute Gasteiger partial charge is 0.385 e. The highest BCUT2D eigenvalue weighted by molar-refractivity contribution is 5.87. The molecule has 1 unspecified atom stereocenters. The van der Waals surface area contributed by atoms with Crippen molar-refractivity contribution in [3.63, 3.8) is 0 Å². The van der Waals surface area contributed by atoms with Gasteiger partial charge in [-0.05, 0) is 19.3 Å². The van der Waals surface area contributed by atoms with E-state index < -0.39 is 6.04 Å². The van der Waals surface area contributed by atoms with Crippen LogP contribution in [0, 0.1) is 0 Å². The van der Waals surface area contributed by atoms with Gasteiger partial charge in [0.15, 0.2) is 0 Å². The first-order chi connectivity index (χ1) is 8.52. The maximum Gasteiger partial charge on any atom is 0.239 e. The van der Waals surface area contributed by atoms with Gasteiger partial charge < -0.3 is 20.7 Å². The average molecular weight is 259 g/mol. The summed E-state index contributed by atoms with van der Waals surface area (Å²) in [6.45, 7) is 3.24. The number of carbonyl (C=O) groups is 2. The monoisotopic (exact) mass is 259 g/mol.